The molecule has 0 spiro atoms. The molecule has 0 aromatic carbocycles. The van der Waals surface area contributed by atoms with Crippen LogP contribution in [0.4, 0.5) is 0 Å². The number of esters is 1. The molecule has 2 aliphatic heterocycles. The molecule has 4 nitrogen and oxygen atoms in total. The Bertz CT molecular complexity index is 672. The van der Waals surface area contributed by atoms with E-state index in [0.717, 1.165) is 32.1 Å². The Balaban J connectivity index is 1.91. The van der Waals surface area contributed by atoms with Gasteiger partial charge in [-0.25, -0.2) is 4.79 Å². The highest BCUT2D eigenvalue weighted by atomic mass is 16.8. The summed E-state index contributed by atoms with van der Waals surface area (Å²) >= 11 is 0. The molecule has 0 radical (unpaired) electrons. The third-order valence-electron chi connectivity index (χ3n) is 6.16. The van der Waals surface area contributed by atoms with Crippen LogP contribution in [0.5, 0.6) is 0 Å². The van der Waals surface area contributed by atoms with Crippen molar-refractivity contribution in [2.45, 2.75) is 96.7 Å². The highest BCUT2D eigenvalue weighted by Crippen LogP contribution is 2.45. The lowest BCUT2D eigenvalue weighted by Gasteiger charge is -2.31. The van der Waals surface area contributed by atoms with Crippen LogP contribution >= 0.6 is 0 Å². The molecule has 2 heterocycles. The van der Waals surface area contributed by atoms with E-state index in [4.69, 9.17) is 14.2 Å². The molecule has 0 bridgehead atoms. The van der Waals surface area contributed by atoms with Crippen LogP contribution in [0.2, 0.25) is 0 Å². The van der Waals surface area contributed by atoms with Crippen LogP contribution in [0.3, 0.4) is 0 Å². The highest BCUT2D eigenvalue weighted by Gasteiger charge is 2.52. The summed E-state index contributed by atoms with van der Waals surface area (Å²) in [6.45, 7) is 14.4. The van der Waals surface area contributed by atoms with Gasteiger partial charge in [-0.15, -0.1) is 0 Å². The summed E-state index contributed by atoms with van der Waals surface area (Å²) in [6.07, 6.45) is 9.75. The van der Waals surface area contributed by atoms with Gasteiger partial charge in [0.25, 0.3) is 0 Å². The zero-order valence-corrected chi connectivity index (χ0v) is 17.5. The number of carbonyl (C=O) groups is 1. The maximum absolute atomic E-state index is 12.2. The maximum Gasteiger partial charge on any atom is 0.334 e. The van der Waals surface area contributed by atoms with Crippen molar-refractivity contribution in [3.63, 3.8) is 0 Å². The molecule has 27 heavy (non-hydrogen) atoms. The van der Waals surface area contributed by atoms with Gasteiger partial charge in [0.15, 0.2) is 5.79 Å². The van der Waals surface area contributed by atoms with Crippen LogP contribution in [0, 0.1) is 5.92 Å². The molecule has 0 N–H and O–H groups in total. The molecular weight excluding hydrogens is 340 g/mol. The molecule has 2 saturated heterocycles. The van der Waals surface area contributed by atoms with E-state index in [9.17, 15) is 4.79 Å². The molecule has 4 heteroatoms. The number of fused-ring (bicyclic) bond motifs is 2. The first-order chi connectivity index (χ1) is 12.6. The Morgan fingerprint density at radius 1 is 1.11 bits per heavy atom. The summed E-state index contributed by atoms with van der Waals surface area (Å²) in [4.78, 5) is 12.2. The van der Waals surface area contributed by atoms with Gasteiger partial charge in [-0.05, 0) is 66.7 Å². The first kappa shape index (κ1) is 20.3. The number of rotatable bonds is 0. The molecule has 1 unspecified atom stereocenters. The normalized spacial score (nSPS) is 41.4. The molecule has 0 aromatic rings. The molecule has 150 valence electrons. The van der Waals surface area contributed by atoms with Gasteiger partial charge in [0.05, 0.1) is 11.7 Å². The zero-order chi connectivity index (χ0) is 19.8. The van der Waals surface area contributed by atoms with Crippen molar-refractivity contribution in [1.29, 1.82) is 0 Å². The number of allylic oxidation sites excluding steroid dienone is 3. The Morgan fingerprint density at radius 3 is 2.56 bits per heavy atom. The Hall–Kier alpha value is -1.39. The number of hydrogen-bond acceptors (Lipinski definition) is 4. The van der Waals surface area contributed by atoms with Crippen molar-refractivity contribution < 1.29 is 19.0 Å². The quantitative estimate of drug-likeness (QED) is 0.330. The third-order valence-corrected chi connectivity index (χ3v) is 6.16. The van der Waals surface area contributed by atoms with Crippen LogP contribution in [0.15, 0.2) is 35.5 Å². The van der Waals surface area contributed by atoms with E-state index in [-0.39, 0.29) is 29.7 Å². The summed E-state index contributed by atoms with van der Waals surface area (Å²) in [5.41, 5.74) is 2.87. The van der Waals surface area contributed by atoms with Crippen LogP contribution in [-0.4, -0.2) is 29.6 Å². The van der Waals surface area contributed by atoms with Crippen molar-refractivity contribution in [2.24, 2.45) is 5.92 Å². The summed E-state index contributed by atoms with van der Waals surface area (Å²) in [5.74, 6) is -0.912. The highest BCUT2D eigenvalue weighted by molar-refractivity contribution is 5.90. The van der Waals surface area contributed by atoms with E-state index in [0.29, 0.717) is 12.0 Å². The zero-order valence-electron chi connectivity index (χ0n) is 17.5. The lowest BCUT2D eigenvalue weighted by molar-refractivity contribution is -0.161. The molecule has 0 saturated carbocycles. The van der Waals surface area contributed by atoms with Gasteiger partial charge < -0.3 is 14.2 Å². The van der Waals surface area contributed by atoms with Crippen molar-refractivity contribution in [3.8, 4) is 0 Å². The van der Waals surface area contributed by atoms with Gasteiger partial charge in [-0.1, -0.05) is 29.9 Å². The fourth-order valence-corrected chi connectivity index (χ4v) is 4.66. The maximum atomic E-state index is 12.2. The molecule has 3 aliphatic rings. The SMILES string of the molecule is C=C1C(=O)O[C@H]2C/C(C)=C/CC/C(C)=C/CCC3(C)OC(C)(C)O[C@H]3C[C@@H]12. The molecule has 3 rings (SSSR count). The van der Waals surface area contributed by atoms with Gasteiger partial charge in [-0.3, -0.25) is 0 Å². The van der Waals surface area contributed by atoms with Crippen LogP contribution in [0.25, 0.3) is 0 Å². The summed E-state index contributed by atoms with van der Waals surface area (Å²) in [6, 6.07) is 0. The van der Waals surface area contributed by atoms with E-state index >= 15 is 0 Å². The summed E-state index contributed by atoms with van der Waals surface area (Å²) in [7, 11) is 0. The van der Waals surface area contributed by atoms with E-state index in [1.54, 1.807) is 0 Å². The largest absolute Gasteiger partial charge is 0.458 e. The molecule has 1 aliphatic carbocycles. The van der Waals surface area contributed by atoms with Crippen molar-refractivity contribution in [2.75, 3.05) is 0 Å². The molecule has 4 atom stereocenters. The second-order valence-electron chi connectivity index (χ2n) is 9.11. The average molecular weight is 375 g/mol. The lowest BCUT2D eigenvalue weighted by Crippen LogP contribution is -2.39. The van der Waals surface area contributed by atoms with Crippen LogP contribution in [0.1, 0.15) is 73.1 Å². The molecule has 2 fully saturated rings. The van der Waals surface area contributed by atoms with Crippen LogP contribution < -0.4 is 0 Å². The Morgan fingerprint density at radius 2 is 1.81 bits per heavy atom. The standard InChI is InChI=1S/C23H34O4/c1-15-9-7-10-16(2)13-19-18(17(3)21(24)25-19)14-20-23(6,12-8-11-15)27-22(4,5)26-20/h10-11,18-20H,3,7-9,12-14H2,1-2,4-6H3/b15-11+,16-10+/t18-,19-,20-,23?/m0/s1. The first-order valence-corrected chi connectivity index (χ1v) is 10.2. The predicted molar refractivity (Wildman–Crippen MR) is 106 cm³/mol. The first-order valence-electron chi connectivity index (χ1n) is 10.2. The van der Waals surface area contributed by atoms with Gasteiger partial charge in [0.1, 0.15) is 6.10 Å². The number of hydrogen-bond donors (Lipinski definition) is 0. The van der Waals surface area contributed by atoms with E-state index in [2.05, 4.69) is 39.5 Å². The topological polar surface area (TPSA) is 44.8 Å². The fraction of sp³-hybridized carbons (Fsp3) is 0.696. The molecule has 0 aromatic heterocycles. The minimum atomic E-state index is -0.623. The minimum Gasteiger partial charge on any atom is -0.458 e. The van der Waals surface area contributed by atoms with Gasteiger partial charge in [0, 0.05) is 17.9 Å². The second-order valence-corrected chi connectivity index (χ2v) is 9.11. The monoisotopic (exact) mass is 374 g/mol. The van der Waals surface area contributed by atoms with E-state index < -0.39 is 5.79 Å². The van der Waals surface area contributed by atoms with Crippen molar-refractivity contribution >= 4 is 5.97 Å². The van der Waals surface area contributed by atoms with E-state index in [1.165, 1.54) is 11.1 Å². The summed E-state index contributed by atoms with van der Waals surface area (Å²) in [5, 5.41) is 0. The van der Waals surface area contributed by atoms with Gasteiger partial charge >= 0.3 is 5.97 Å². The second kappa shape index (κ2) is 7.56. The Kier molecular flexibility index (Phi) is 5.69. The number of ether oxygens (including phenoxy) is 3. The average Bonchev–Trinajstić information content (AvgIpc) is 2.93. The Labute approximate surface area is 163 Å². The number of carbonyl (C=O) groups excluding carboxylic acids is 1. The van der Waals surface area contributed by atoms with Gasteiger partial charge in [-0.2, -0.15) is 0 Å². The molecule has 0 amide bonds. The fourth-order valence-electron chi connectivity index (χ4n) is 4.66. The lowest BCUT2D eigenvalue weighted by atomic mass is 9.81. The molecular formula is C23H34O4. The van der Waals surface area contributed by atoms with Gasteiger partial charge in [0.2, 0.25) is 0 Å². The smallest absolute Gasteiger partial charge is 0.334 e. The minimum absolute atomic E-state index is 0.0251. The third kappa shape index (κ3) is 4.55. The van der Waals surface area contributed by atoms with Crippen molar-refractivity contribution in [3.05, 3.63) is 35.5 Å². The van der Waals surface area contributed by atoms with Crippen LogP contribution in [-0.2, 0) is 19.0 Å². The van der Waals surface area contributed by atoms with E-state index in [1.807, 2.05) is 13.8 Å². The summed E-state index contributed by atoms with van der Waals surface area (Å²) < 4.78 is 18.3. The predicted octanol–water partition coefficient (Wildman–Crippen LogP) is 5.24. The van der Waals surface area contributed by atoms with Crippen molar-refractivity contribution in [1.82, 2.24) is 0 Å².